The SMILES string of the molecule is CC(C)(C)OC(=O)N1CCC2CCN(CCCCl)CC21. The smallest absolute Gasteiger partial charge is 0.410 e. The third-order valence-corrected chi connectivity index (χ3v) is 4.45. The Morgan fingerprint density at radius 1 is 1.30 bits per heavy atom. The highest BCUT2D eigenvalue weighted by atomic mass is 35.5. The number of ether oxygens (including phenoxy) is 1. The minimum absolute atomic E-state index is 0.149. The van der Waals surface area contributed by atoms with Crippen molar-refractivity contribution in [1.29, 1.82) is 0 Å². The van der Waals surface area contributed by atoms with Gasteiger partial charge in [-0.25, -0.2) is 4.79 Å². The lowest BCUT2D eigenvalue weighted by molar-refractivity contribution is 0.0126. The van der Waals surface area contributed by atoms with Gasteiger partial charge in [-0.15, -0.1) is 11.6 Å². The van der Waals surface area contributed by atoms with Gasteiger partial charge in [0.2, 0.25) is 0 Å². The molecule has 2 rings (SSSR count). The van der Waals surface area contributed by atoms with Gasteiger partial charge in [0.05, 0.1) is 6.04 Å². The van der Waals surface area contributed by atoms with Crippen LogP contribution in [0.25, 0.3) is 0 Å². The van der Waals surface area contributed by atoms with Gasteiger partial charge < -0.3 is 14.5 Å². The summed E-state index contributed by atoms with van der Waals surface area (Å²) in [6.07, 6.45) is 3.18. The van der Waals surface area contributed by atoms with Crippen LogP contribution in [0.4, 0.5) is 4.79 Å². The van der Waals surface area contributed by atoms with Gasteiger partial charge >= 0.3 is 6.09 Å². The molecule has 5 heteroatoms. The van der Waals surface area contributed by atoms with Crippen LogP contribution in [-0.2, 0) is 4.74 Å². The molecule has 0 spiro atoms. The van der Waals surface area contributed by atoms with E-state index in [4.69, 9.17) is 16.3 Å². The van der Waals surface area contributed by atoms with Crippen LogP contribution in [0.3, 0.4) is 0 Å². The van der Waals surface area contributed by atoms with Crippen LogP contribution in [0.2, 0.25) is 0 Å². The van der Waals surface area contributed by atoms with Gasteiger partial charge in [0.15, 0.2) is 0 Å². The molecule has 0 aliphatic carbocycles. The molecule has 0 bridgehead atoms. The van der Waals surface area contributed by atoms with Crippen LogP contribution in [0.15, 0.2) is 0 Å². The number of alkyl halides is 1. The molecule has 2 aliphatic rings. The van der Waals surface area contributed by atoms with Gasteiger partial charge in [-0.3, -0.25) is 0 Å². The number of nitrogens with zero attached hydrogens (tertiary/aromatic N) is 2. The van der Waals surface area contributed by atoms with Gasteiger partial charge in [-0.2, -0.15) is 0 Å². The fraction of sp³-hybridized carbons (Fsp3) is 0.933. The molecule has 0 aromatic rings. The third-order valence-electron chi connectivity index (χ3n) is 4.18. The minimum Gasteiger partial charge on any atom is -0.444 e. The summed E-state index contributed by atoms with van der Waals surface area (Å²) in [5.41, 5.74) is -0.415. The predicted molar refractivity (Wildman–Crippen MR) is 81.2 cm³/mol. The molecule has 2 heterocycles. The molecule has 2 aliphatic heterocycles. The van der Waals surface area contributed by atoms with E-state index in [9.17, 15) is 4.79 Å². The van der Waals surface area contributed by atoms with Crippen LogP contribution < -0.4 is 0 Å². The van der Waals surface area contributed by atoms with E-state index < -0.39 is 5.60 Å². The first kappa shape index (κ1) is 15.9. The average molecular weight is 303 g/mol. The fourth-order valence-corrected chi connectivity index (χ4v) is 3.36. The first-order valence-electron chi connectivity index (χ1n) is 7.68. The Kier molecular flexibility index (Phi) is 5.19. The Bertz CT molecular complexity index is 343. The number of hydrogen-bond acceptors (Lipinski definition) is 3. The van der Waals surface area contributed by atoms with Crippen molar-refractivity contribution < 1.29 is 9.53 Å². The third kappa shape index (κ3) is 4.01. The van der Waals surface area contributed by atoms with E-state index in [1.54, 1.807) is 0 Å². The number of carbonyl (C=O) groups excluding carboxylic acids is 1. The van der Waals surface area contributed by atoms with E-state index in [0.717, 1.165) is 39.0 Å². The Morgan fingerprint density at radius 3 is 2.65 bits per heavy atom. The quantitative estimate of drug-likeness (QED) is 0.752. The first-order valence-corrected chi connectivity index (χ1v) is 8.22. The Hall–Kier alpha value is -0.480. The lowest BCUT2D eigenvalue weighted by atomic mass is 9.92. The van der Waals surface area contributed by atoms with Gasteiger partial charge in [0.25, 0.3) is 0 Å². The minimum atomic E-state index is -0.415. The summed E-state index contributed by atoms with van der Waals surface area (Å²) in [7, 11) is 0. The molecule has 2 fully saturated rings. The van der Waals surface area contributed by atoms with E-state index in [-0.39, 0.29) is 6.09 Å². The van der Waals surface area contributed by atoms with Crippen molar-refractivity contribution in [3.63, 3.8) is 0 Å². The fourth-order valence-electron chi connectivity index (χ4n) is 3.24. The normalized spacial score (nSPS) is 27.5. The second-order valence-electron chi connectivity index (χ2n) is 6.92. The highest BCUT2D eigenvalue weighted by molar-refractivity contribution is 6.17. The molecule has 0 aromatic heterocycles. The largest absolute Gasteiger partial charge is 0.444 e. The van der Waals surface area contributed by atoms with Crippen molar-refractivity contribution in [2.45, 2.75) is 51.7 Å². The van der Waals surface area contributed by atoms with Gasteiger partial charge in [0.1, 0.15) is 5.60 Å². The summed E-state index contributed by atoms with van der Waals surface area (Å²) in [6.45, 7) is 9.76. The van der Waals surface area contributed by atoms with Crippen LogP contribution in [-0.4, -0.2) is 59.6 Å². The topological polar surface area (TPSA) is 32.8 Å². The zero-order valence-corrected chi connectivity index (χ0v) is 13.7. The van der Waals surface area contributed by atoms with Crippen LogP contribution in [0.1, 0.15) is 40.0 Å². The zero-order chi connectivity index (χ0) is 14.8. The summed E-state index contributed by atoms with van der Waals surface area (Å²) in [4.78, 5) is 16.7. The second-order valence-corrected chi connectivity index (χ2v) is 7.30. The summed E-state index contributed by atoms with van der Waals surface area (Å²) < 4.78 is 5.53. The van der Waals surface area contributed by atoms with Crippen molar-refractivity contribution >= 4 is 17.7 Å². The molecule has 4 nitrogen and oxygen atoms in total. The number of amides is 1. The van der Waals surface area contributed by atoms with Crippen LogP contribution in [0.5, 0.6) is 0 Å². The first-order chi connectivity index (χ1) is 9.40. The Morgan fingerprint density at radius 2 is 2.00 bits per heavy atom. The van der Waals surface area contributed by atoms with Crippen molar-refractivity contribution in [3.05, 3.63) is 0 Å². The number of halogens is 1. The van der Waals surface area contributed by atoms with Crippen molar-refractivity contribution in [2.75, 3.05) is 32.1 Å². The van der Waals surface area contributed by atoms with Crippen molar-refractivity contribution in [1.82, 2.24) is 9.80 Å². The van der Waals surface area contributed by atoms with E-state index in [1.807, 2.05) is 25.7 Å². The number of hydrogen-bond donors (Lipinski definition) is 0. The van der Waals surface area contributed by atoms with E-state index >= 15 is 0 Å². The number of likely N-dealkylation sites (tertiary alicyclic amines) is 2. The number of piperidine rings is 1. The summed E-state index contributed by atoms with van der Waals surface area (Å²) in [6, 6.07) is 0.328. The summed E-state index contributed by atoms with van der Waals surface area (Å²) in [5.74, 6) is 1.36. The lowest BCUT2D eigenvalue weighted by Gasteiger charge is -2.38. The van der Waals surface area contributed by atoms with E-state index in [0.29, 0.717) is 17.8 Å². The lowest BCUT2D eigenvalue weighted by Crippen LogP contribution is -2.51. The standard InChI is InChI=1S/C15H27ClN2O2/c1-15(2,3)20-14(19)18-10-6-12-5-9-17(8-4-7-16)11-13(12)18/h12-13H,4-11H2,1-3H3. The molecule has 0 radical (unpaired) electrons. The van der Waals surface area contributed by atoms with Crippen molar-refractivity contribution in [3.8, 4) is 0 Å². The number of fused-ring (bicyclic) bond motifs is 1. The van der Waals surface area contributed by atoms with E-state index in [1.165, 1.54) is 6.42 Å². The number of rotatable bonds is 3. The van der Waals surface area contributed by atoms with Gasteiger partial charge in [-0.05, 0) is 59.0 Å². The van der Waals surface area contributed by atoms with Gasteiger partial charge in [0, 0.05) is 19.0 Å². The summed E-state index contributed by atoms with van der Waals surface area (Å²) in [5, 5.41) is 0. The molecular formula is C15H27ClN2O2. The molecule has 1 amide bonds. The molecule has 2 unspecified atom stereocenters. The monoisotopic (exact) mass is 302 g/mol. The Balaban J connectivity index is 1.93. The molecule has 20 heavy (non-hydrogen) atoms. The van der Waals surface area contributed by atoms with Crippen molar-refractivity contribution in [2.24, 2.45) is 5.92 Å². The van der Waals surface area contributed by atoms with E-state index in [2.05, 4.69) is 4.90 Å². The maximum absolute atomic E-state index is 12.3. The molecule has 2 saturated heterocycles. The molecule has 0 saturated carbocycles. The zero-order valence-electron chi connectivity index (χ0n) is 12.9. The van der Waals surface area contributed by atoms with Crippen LogP contribution in [0, 0.1) is 5.92 Å². The highest BCUT2D eigenvalue weighted by Crippen LogP contribution is 2.32. The molecule has 116 valence electrons. The average Bonchev–Trinajstić information content (AvgIpc) is 2.77. The van der Waals surface area contributed by atoms with Crippen LogP contribution >= 0.6 is 11.6 Å². The highest BCUT2D eigenvalue weighted by Gasteiger charge is 2.41. The number of carbonyl (C=O) groups is 1. The maximum atomic E-state index is 12.3. The Labute approximate surface area is 127 Å². The van der Waals surface area contributed by atoms with Gasteiger partial charge in [-0.1, -0.05) is 0 Å². The second kappa shape index (κ2) is 6.52. The molecular weight excluding hydrogens is 276 g/mol. The maximum Gasteiger partial charge on any atom is 0.410 e. The predicted octanol–water partition coefficient (Wildman–Crippen LogP) is 2.95. The molecule has 0 aromatic carbocycles. The summed E-state index contributed by atoms with van der Waals surface area (Å²) >= 11 is 5.77. The molecule has 2 atom stereocenters. The molecule has 0 N–H and O–H groups in total.